The maximum atomic E-state index is 9.31. The molecule has 35 heavy (non-hydrogen) atoms. The summed E-state index contributed by atoms with van der Waals surface area (Å²) in [6.45, 7) is 6.19. The van der Waals surface area contributed by atoms with E-state index in [1.165, 1.54) is 43.2 Å². The van der Waals surface area contributed by atoms with Gasteiger partial charge in [-0.05, 0) is 73.6 Å². The van der Waals surface area contributed by atoms with Crippen LogP contribution >= 0.6 is 0 Å². The number of nitrogens with zero attached hydrogens (tertiary/aromatic N) is 2. The van der Waals surface area contributed by atoms with Crippen LogP contribution in [0.15, 0.2) is 54.2 Å². The second kappa shape index (κ2) is 11.5. The Morgan fingerprint density at radius 1 is 1.14 bits per heavy atom. The lowest BCUT2D eigenvalue weighted by Crippen LogP contribution is -2.39. The van der Waals surface area contributed by atoms with Crippen LogP contribution in [-0.4, -0.2) is 24.0 Å². The van der Waals surface area contributed by atoms with E-state index in [1.807, 2.05) is 31.2 Å². The van der Waals surface area contributed by atoms with Gasteiger partial charge in [-0.3, -0.25) is 4.90 Å². The molecule has 184 valence electrons. The zero-order chi connectivity index (χ0) is 24.8. The third-order valence-electron chi connectivity index (χ3n) is 7.59. The molecule has 4 rings (SSSR count). The molecule has 2 aliphatic rings. The summed E-state index contributed by atoms with van der Waals surface area (Å²) < 4.78 is 0. The van der Waals surface area contributed by atoms with Crippen molar-refractivity contribution in [2.45, 2.75) is 70.9 Å². The Kier molecular flexibility index (Phi) is 8.15. The Morgan fingerprint density at radius 3 is 2.60 bits per heavy atom. The summed E-state index contributed by atoms with van der Waals surface area (Å²) >= 11 is 0. The minimum Gasteiger partial charge on any atom is -0.401 e. The average Bonchev–Trinajstić information content (AvgIpc) is 2.91. The van der Waals surface area contributed by atoms with Gasteiger partial charge in [-0.25, -0.2) is 0 Å². The van der Waals surface area contributed by atoms with E-state index in [1.54, 1.807) is 0 Å². The summed E-state index contributed by atoms with van der Waals surface area (Å²) in [6, 6.07) is 17.3. The highest BCUT2D eigenvalue weighted by atomic mass is 15.2. The van der Waals surface area contributed by atoms with Gasteiger partial charge in [0.25, 0.3) is 0 Å². The number of hydrogen-bond acceptors (Lipinski definition) is 5. The van der Waals surface area contributed by atoms with Gasteiger partial charge in [-0.15, -0.1) is 0 Å². The number of hydrogen-bond donors (Lipinski definition) is 3. The number of anilines is 1. The number of allylic oxidation sites excluding steroid dienone is 1. The Labute approximate surface area is 210 Å². The van der Waals surface area contributed by atoms with E-state index in [2.05, 4.69) is 47.5 Å². The molecule has 5 nitrogen and oxygen atoms in total. The van der Waals surface area contributed by atoms with E-state index < -0.39 is 0 Å². The molecule has 2 aromatic rings. The van der Waals surface area contributed by atoms with Gasteiger partial charge in [0.1, 0.15) is 0 Å². The van der Waals surface area contributed by atoms with Crippen LogP contribution in [0.2, 0.25) is 0 Å². The van der Waals surface area contributed by atoms with Crippen LogP contribution in [0.25, 0.3) is 11.3 Å². The fourth-order valence-electron chi connectivity index (χ4n) is 5.51. The van der Waals surface area contributed by atoms with E-state index in [4.69, 9.17) is 11.5 Å². The molecule has 5 heteroatoms. The zero-order valence-corrected chi connectivity index (χ0v) is 21.2. The molecule has 1 fully saturated rings. The van der Waals surface area contributed by atoms with Crippen molar-refractivity contribution in [3.8, 4) is 6.07 Å². The first-order chi connectivity index (χ1) is 17.0. The second-order valence-corrected chi connectivity index (χ2v) is 9.96. The molecular formula is C30H39N5. The molecule has 5 N–H and O–H groups in total. The van der Waals surface area contributed by atoms with Crippen LogP contribution in [0.1, 0.15) is 87.1 Å². The van der Waals surface area contributed by atoms with Gasteiger partial charge < -0.3 is 16.8 Å². The predicted octanol–water partition coefficient (Wildman–Crippen LogP) is 6.15. The molecule has 0 bridgehead atoms. The van der Waals surface area contributed by atoms with Crippen molar-refractivity contribution >= 4 is 17.0 Å². The quantitative estimate of drug-likeness (QED) is 0.452. The van der Waals surface area contributed by atoms with Gasteiger partial charge in [0.2, 0.25) is 0 Å². The Bertz CT molecular complexity index is 1130. The minimum atomic E-state index is 0.0414. The number of nitrogens with two attached hydrogens (primary N) is 2. The van der Waals surface area contributed by atoms with E-state index in [0.717, 1.165) is 48.8 Å². The largest absolute Gasteiger partial charge is 0.401 e. The summed E-state index contributed by atoms with van der Waals surface area (Å²) in [7, 11) is 0. The molecule has 0 amide bonds. The Morgan fingerprint density at radius 2 is 1.94 bits per heavy atom. The first-order valence-corrected chi connectivity index (χ1v) is 13.1. The third-order valence-corrected chi connectivity index (χ3v) is 7.59. The molecule has 1 aliphatic heterocycles. The molecule has 1 heterocycles. The Hall–Kier alpha value is -3.23. The molecule has 0 radical (unpaired) electrons. The number of nitriles is 1. The van der Waals surface area contributed by atoms with E-state index >= 15 is 0 Å². The van der Waals surface area contributed by atoms with E-state index in [9.17, 15) is 5.26 Å². The fraction of sp³-hybridized carbons (Fsp3) is 0.433. The topological polar surface area (TPSA) is 91.1 Å². The van der Waals surface area contributed by atoms with Crippen LogP contribution in [-0.2, 0) is 0 Å². The smallest absolute Gasteiger partial charge is 0.0992 e. The maximum absolute atomic E-state index is 9.31. The third kappa shape index (κ3) is 5.89. The molecule has 1 saturated carbocycles. The lowest BCUT2D eigenvalue weighted by molar-refractivity contribution is 0.171. The van der Waals surface area contributed by atoms with Crippen molar-refractivity contribution in [2.75, 3.05) is 18.4 Å². The van der Waals surface area contributed by atoms with E-state index in [0.29, 0.717) is 17.0 Å². The maximum Gasteiger partial charge on any atom is 0.0992 e. The second-order valence-electron chi connectivity index (χ2n) is 9.96. The summed E-state index contributed by atoms with van der Waals surface area (Å²) in [6.07, 6.45) is 11.2. The van der Waals surface area contributed by atoms with Crippen LogP contribution in [0.4, 0.5) is 5.69 Å². The summed E-state index contributed by atoms with van der Waals surface area (Å²) in [5, 5.41) is 12.9. The summed E-state index contributed by atoms with van der Waals surface area (Å²) in [4.78, 5) is 2.68. The highest BCUT2D eigenvalue weighted by Crippen LogP contribution is 2.34. The highest BCUT2D eigenvalue weighted by molar-refractivity contribution is 5.74. The van der Waals surface area contributed by atoms with Crippen LogP contribution in [0.3, 0.4) is 0 Å². The van der Waals surface area contributed by atoms with Gasteiger partial charge in [0.05, 0.1) is 23.4 Å². The molecule has 2 aromatic carbocycles. The molecule has 1 unspecified atom stereocenters. The average molecular weight is 470 g/mol. The van der Waals surface area contributed by atoms with Gasteiger partial charge in [-0.1, -0.05) is 50.5 Å². The van der Waals surface area contributed by atoms with Crippen molar-refractivity contribution in [3.63, 3.8) is 0 Å². The minimum absolute atomic E-state index is 0.0414. The normalized spacial score (nSPS) is 18.8. The van der Waals surface area contributed by atoms with Crippen molar-refractivity contribution in [1.29, 1.82) is 5.26 Å². The molecule has 1 aliphatic carbocycles. The van der Waals surface area contributed by atoms with Crippen molar-refractivity contribution in [2.24, 2.45) is 11.5 Å². The monoisotopic (exact) mass is 469 g/mol. The lowest BCUT2D eigenvalue weighted by Gasteiger charge is -2.36. The van der Waals surface area contributed by atoms with E-state index in [-0.39, 0.29) is 6.04 Å². The Balaban J connectivity index is 1.63. The lowest BCUT2D eigenvalue weighted by atomic mass is 9.89. The molecule has 0 aromatic heterocycles. The van der Waals surface area contributed by atoms with Gasteiger partial charge in [0, 0.05) is 36.1 Å². The standard InChI is InChI=1S/C30H39N5/c1-3-29(34-25-9-7-8-22(18-25)20-31)28-19-24(12-13-27(28)30(33)21(2)32)23-14-16-35(17-15-23)26-10-5-4-6-11-26/h7-9,12-14,18-19,26,29,34H,3-6,10-11,15-17,32-33H2,1-2H3/b30-21-. The number of benzene rings is 2. The van der Waals surface area contributed by atoms with Crippen LogP contribution in [0, 0.1) is 11.3 Å². The van der Waals surface area contributed by atoms with Crippen molar-refractivity contribution in [1.82, 2.24) is 4.90 Å². The van der Waals surface area contributed by atoms with Gasteiger partial charge in [-0.2, -0.15) is 5.26 Å². The first-order valence-electron chi connectivity index (χ1n) is 13.1. The predicted molar refractivity (Wildman–Crippen MR) is 146 cm³/mol. The van der Waals surface area contributed by atoms with Crippen LogP contribution in [0.5, 0.6) is 0 Å². The number of nitrogens with one attached hydrogen (secondary N) is 1. The fourth-order valence-corrected chi connectivity index (χ4v) is 5.51. The van der Waals surface area contributed by atoms with Crippen molar-refractivity contribution < 1.29 is 0 Å². The van der Waals surface area contributed by atoms with Crippen LogP contribution < -0.4 is 16.8 Å². The van der Waals surface area contributed by atoms with Gasteiger partial charge >= 0.3 is 0 Å². The highest BCUT2D eigenvalue weighted by Gasteiger charge is 2.24. The molecular weight excluding hydrogens is 430 g/mol. The van der Waals surface area contributed by atoms with Gasteiger partial charge in [0.15, 0.2) is 0 Å². The summed E-state index contributed by atoms with van der Waals surface area (Å²) in [5.74, 6) is 0. The summed E-state index contributed by atoms with van der Waals surface area (Å²) in [5.41, 5.74) is 20.2. The molecule has 0 saturated heterocycles. The SMILES string of the molecule is CCC(Nc1cccc(C#N)c1)c1cc(C2=CCN(C3CCCCC3)CC2)ccc1/C(N)=C(\C)N. The first kappa shape index (κ1) is 24.9. The molecule has 0 spiro atoms. The zero-order valence-electron chi connectivity index (χ0n) is 21.2. The molecule has 1 atom stereocenters. The number of rotatable bonds is 7. The van der Waals surface area contributed by atoms with Crippen molar-refractivity contribution in [3.05, 3.63) is 76.5 Å².